The summed E-state index contributed by atoms with van der Waals surface area (Å²) in [5.74, 6) is -0.594. The number of nitrogens with zero attached hydrogens (tertiary/aromatic N) is 2. The molecule has 2 N–H and O–H groups in total. The van der Waals surface area contributed by atoms with E-state index in [9.17, 15) is 14.4 Å². The number of fused-ring (bicyclic) bond motifs is 1. The fourth-order valence-corrected chi connectivity index (χ4v) is 3.30. The zero-order valence-corrected chi connectivity index (χ0v) is 17.2. The van der Waals surface area contributed by atoms with Crippen molar-refractivity contribution < 1.29 is 14.4 Å². The summed E-state index contributed by atoms with van der Waals surface area (Å²) in [5, 5.41) is 5.52. The molecule has 146 valence electrons. The fraction of sp³-hybridized carbons (Fsp3) is 0.250. The number of carbonyl (C=O) groups excluding carboxylic acids is 3. The van der Waals surface area contributed by atoms with E-state index in [0.717, 1.165) is 10.2 Å². The van der Waals surface area contributed by atoms with E-state index in [1.165, 1.54) is 4.90 Å². The largest absolute Gasteiger partial charge is 0.378 e. The van der Waals surface area contributed by atoms with E-state index in [4.69, 9.17) is 0 Å². The van der Waals surface area contributed by atoms with Crippen molar-refractivity contribution >= 4 is 45.2 Å². The van der Waals surface area contributed by atoms with Crippen LogP contribution >= 0.6 is 15.9 Å². The van der Waals surface area contributed by atoms with Gasteiger partial charge in [-0.15, -0.1) is 0 Å². The molecule has 2 aromatic carbocycles. The summed E-state index contributed by atoms with van der Waals surface area (Å²) in [4.78, 5) is 40.0. The third kappa shape index (κ3) is 4.33. The lowest BCUT2D eigenvalue weighted by atomic mass is 10.1. The van der Waals surface area contributed by atoms with Crippen molar-refractivity contribution in [2.45, 2.75) is 6.42 Å². The second-order valence-electron chi connectivity index (χ2n) is 6.63. The molecule has 7 nitrogen and oxygen atoms in total. The monoisotopic (exact) mass is 444 g/mol. The van der Waals surface area contributed by atoms with Crippen LogP contribution in [-0.2, 0) is 0 Å². The molecule has 0 saturated carbocycles. The van der Waals surface area contributed by atoms with Crippen LogP contribution in [-0.4, -0.2) is 49.9 Å². The Hall–Kier alpha value is -2.87. The Kier molecular flexibility index (Phi) is 5.99. The molecule has 28 heavy (non-hydrogen) atoms. The number of hydrogen-bond acceptors (Lipinski definition) is 4. The number of carbonyl (C=O) groups is 3. The summed E-state index contributed by atoms with van der Waals surface area (Å²) in [6.07, 6.45) is 0.470. The molecule has 0 fully saturated rings. The van der Waals surface area contributed by atoms with Crippen molar-refractivity contribution in [2.24, 2.45) is 0 Å². The summed E-state index contributed by atoms with van der Waals surface area (Å²) in [6.45, 7) is 0.594. The molecule has 2 aromatic rings. The Bertz CT molecular complexity index is 929. The zero-order chi connectivity index (χ0) is 20.3. The second-order valence-corrected chi connectivity index (χ2v) is 7.55. The minimum absolute atomic E-state index is 0.250. The minimum Gasteiger partial charge on any atom is -0.378 e. The maximum Gasteiger partial charge on any atom is 0.319 e. The number of amides is 4. The summed E-state index contributed by atoms with van der Waals surface area (Å²) in [7, 11) is 3.86. The average molecular weight is 445 g/mol. The van der Waals surface area contributed by atoms with Gasteiger partial charge in [-0.3, -0.25) is 14.5 Å². The third-order valence-electron chi connectivity index (χ3n) is 4.40. The molecule has 1 aliphatic rings. The summed E-state index contributed by atoms with van der Waals surface area (Å²) >= 11 is 3.31. The first-order chi connectivity index (χ1) is 13.4. The smallest absolute Gasteiger partial charge is 0.319 e. The van der Waals surface area contributed by atoms with Crippen molar-refractivity contribution in [3.63, 3.8) is 0 Å². The number of urea groups is 1. The minimum atomic E-state index is -0.331. The molecule has 0 saturated heterocycles. The van der Waals surface area contributed by atoms with Gasteiger partial charge in [0.05, 0.1) is 11.1 Å². The highest BCUT2D eigenvalue weighted by Gasteiger charge is 2.34. The van der Waals surface area contributed by atoms with E-state index >= 15 is 0 Å². The van der Waals surface area contributed by atoms with Crippen molar-refractivity contribution in [1.82, 2.24) is 10.2 Å². The zero-order valence-electron chi connectivity index (χ0n) is 15.7. The standard InChI is InChI=1S/C20H21BrN4O3/c1-24(2)15-6-3-5-14(12-15)23-20(28)22-9-4-10-25-18(26)16-8-7-13(21)11-17(16)19(25)27/h3,5-8,11-12H,4,9-10H2,1-2H3,(H2,22,23,28). The lowest BCUT2D eigenvalue weighted by Crippen LogP contribution is -2.35. The van der Waals surface area contributed by atoms with E-state index in [0.29, 0.717) is 29.8 Å². The maximum absolute atomic E-state index is 12.4. The predicted molar refractivity (Wildman–Crippen MR) is 112 cm³/mol. The topological polar surface area (TPSA) is 81.8 Å². The van der Waals surface area contributed by atoms with Crippen LogP contribution in [0.3, 0.4) is 0 Å². The summed E-state index contributed by atoms with van der Waals surface area (Å²) < 4.78 is 0.755. The molecule has 0 aromatic heterocycles. The molecule has 1 aliphatic heterocycles. The normalized spacial score (nSPS) is 12.8. The van der Waals surface area contributed by atoms with Gasteiger partial charge in [-0.1, -0.05) is 22.0 Å². The number of halogens is 1. The summed E-state index contributed by atoms with van der Waals surface area (Å²) in [5.41, 5.74) is 2.50. The van der Waals surface area contributed by atoms with Gasteiger partial charge in [0.2, 0.25) is 0 Å². The molecule has 0 bridgehead atoms. The van der Waals surface area contributed by atoms with E-state index in [1.54, 1.807) is 18.2 Å². The van der Waals surface area contributed by atoms with Crippen LogP contribution in [0, 0.1) is 0 Å². The molecule has 0 radical (unpaired) electrons. The number of anilines is 2. The van der Waals surface area contributed by atoms with Crippen molar-refractivity contribution in [3.8, 4) is 0 Å². The molecule has 0 aliphatic carbocycles. The molecule has 0 unspecified atom stereocenters. The van der Waals surface area contributed by atoms with Gasteiger partial charge in [-0.2, -0.15) is 0 Å². The average Bonchev–Trinajstić information content (AvgIpc) is 2.89. The van der Waals surface area contributed by atoms with Gasteiger partial charge < -0.3 is 15.5 Å². The van der Waals surface area contributed by atoms with Gasteiger partial charge in [-0.25, -0.2) is 4.79 Å². The van der Waals surface area contributed by atoms with Crippen molar-refractivity contribution in [2.75, 3.05) is 37.4 Å². The van der Waals surface area contributed by atoms with Gasteiger partial charge in [0.25, 0.3) is 11.8 Å². The number of imide groups is 1. The van der Waals surface area contributed by atoms with E-state index in [-0.39, 0.29) is 24.4 Å². The molecule has 0 atom stereocenters. The quantitative estimate of drug-likeness (QED) is 0.528. The number of benzene rings is 2. The van der Waals surface area contributed by atoms with Crippen molar-refractivity contribution in [3.05, 3.63) is 58.1 Å². The van der Waals surface area contributed by atoms with E-state index < -0.39 is 0 Å². The Morgan fingerprint density at radius 2 is 1.82 bits per heavy atom. The maximum atomic E-state index is 12.4. The number of hydrogen-bond donors (Lipinski definition) is 2. The van der Waals surface area contributed by atoms with Gasteiger partial charge in [0, 0.05) is 43.0 Å². The molecular weight excluding hydrogens is 424 g/mol. The first-order valence-electron chi connectivity index (χ1n) is 8.85. The Labute approximate surface area is 171 Å². The van der Waals surface area contributed by atoms with Crippen LogP contribution in [0.2, 0.25) is 0 Å². The Morgan fingerprint density at radius 3 is 2.57 bits per heavy atom. The molecule has 4 amide bonds. The highest BCUT2D eigenvalue weighted by molar-refractivity contribution is 9.10. The van der Waals surface area contributed by atoms with Gasteiger partial charge in [-0.05, 0) is 42.8 Å². The Morgan fingerprint density at radius 1 is 1.07 bits per heavy atom. The van der Waals surface area contributed by atoms with Gasteiger partial charge >= 0.3 is 6.03 Å². The highest BCUT2D eigenvalue weighted by Crippen LogP contribution is 2.26. The lowest BCUT2D eigenvalue weighted by Gasteiger charge is -2.15. The molecule has 3 rings (SSSR count). The predicted octanol–water partition coefficient (Wildman–Crippen LogP) is 3.32. The van der Waals surface area contributed by atoms with Gasteiger partial charge in [0.15, 0.2) is 0 Å². The van der Waals surface area contributed by atoms with Gasteiger partial charge in [0.1, 0.15) is 0 Å². The van der Waals surface area contributed by atoms with Crippen LogP contribution in [0.4, 0.5) is 16.2 Å². The third-order valence-corrected chi connectivity index (χ3v) is 4.89. The van der Waals surface area contributed by atoms with Crippen LogP contribution in [0.15, 0.2) is 46.9 Å². The summed E-state index contributed by atoms with van der Waals surface area (Å²) in [6, 6.07) is 12.2. The molecule has 0 spiro atoms. The fourth-order valence-electron chi connectivity index (χ4n) is 2.94. The van der Waals surface area contributed by atoms with Crippen LogP contribution in [0.25, 0.3) is 0 Å². The first-order valence-corrected chi connectivity index (χ1v) is 9.64. The van der Waals surface area contributed by atoms with Crippen LogP contribution in [0.1, 0.15) is 27.1 Å². The first kappa shape index (κ1) is 19.9. The van der Waals surface area contributed by atoms with E-state index in [2.05, 4.69) is 26.6 Å². The number of nitrogens with one attached hydrogen (secondary N) is 2. The molecular formula is C20H21BrN4O3. The van der Waals surface area contributed by atoms with E-state index in [1.807, 2.05) is 43.3 Å². The molecule has 1 heterocycles. The van der Waals surface area contributed by atoms with Crippen molar-refractivity contribution in [1.29, 1.82) is 0 Å². The SMILES string of the molecule is CN(C)c1cccc(NC(=O)NCCCN2C(=O)c3ccc(Br)cc3C2=O)c1. The highest BCUT2D eigenvalue weighted by atomic mass is 79.9. The van der Waals surface area contributed by atoms with Crippen LogP contribution in [0.5, 0.6) is 0 Å². The lowest BCUT2D eigenvalue weighted by molar-refractivity contribution is 0.0653. The number of rotatable bonds is 6. The molecule has 8 heteroatoms. The Balaban J connectivity index is 1.47. The van der Waals surface area contributed by atoms with Crippen LogP contribution < -0.4 is 15.5 Å². The second kappa shape index (κ2) is 8.43.